The molecule has 1 rings (SSSR count). The van der Waals surface area contributed by atoms with Crippen molar-refractivity contribution in [2.24, 2.45) is 5.73 Å². The fourth-order valence-electron chi connectivity index (χ4n) is 1.13. The van der Waals surface area contributed by atoms with Gasteiger partial charge in [0, 0.05) is 10.9 Å². The number of hydrogen-bond donors (Lipinski definition) is 2. The van der Waals surface area contributed by atoms with Gasteiger partial charge in [0.15, 0.2) is 0 Å². The Labute approximate surface area is 80.4 Å². The summed E-state index contributed by atoms with van der Waals surface area (Å²) in [5, 5.41) is 7.14. The van der Waals surface area contributed by atoms with Crippen LogP contribution >= 0.6 is 15.9 Å². The topological polar surface area (TPSA) is 49.9 Å². The van der Waals surface area contributed by atoms with Crippen LogP contribution in [0.25, 0.3) is 0 Å². The van der Waals surface area contributed by atoms with Gasteiger partial charge in [-0.25, -0.2) is 0 Å². The summed E-state index contributed by atoms with van der Waals surface area (Å²) in [5.74, 6) is 0.201. The van der Waals surface area contributed by atoms with Gasteiger partial charge in [-0.3, -0.25) is 5.41 Å². The largest absolute Gasteiger partial charge is 0.387 e. The van der Waals surface area contributed by atoms with Crippen molar-refractivity contribution in [2.75, 3.05) is 0 Å². The van der Waals surface area contributed by atoms with Crippen molar-refractivity contribution in [3.63, 3.8) is 0 Å². The lowest BCUT2D eigenvalue weighted by atomic mass is 10.1. The molecule has 0 atom stereocenters. The summed E-state index contributed by atoms with van der Waals surface area (Å²) in [6.45, 7) is 2.02. The first-order valence-electron chi connectivity index (χ1n) is 3.67. The third-order valence-corrected chi connectivity index (χ3v) is 1.95. The molecule has 0 aromatic heterocycles. The number of benzene rings is 1. The van der Waals surface area contributed by atoms with Crippen LogP contribution in [0.2, 0.25) is 0 Å². The number of nitrogens with one attached hydrogen (secondary N) is 1. The number of rotatable bonds is 2. The van der Waals surface area contributed by atoms with Crippen molar-refractivity contribution in [1.29, 1.82) is 5.41 Å². The monoisotopic (exact) mass is 226 g/mol. The Kier molecular flexibility index (Phi) is 2.87. The summed E-state index contributed by atoms with van der Waals surface area (Å²) in [5.41, 5.74) is 7.55. The fraction of sp³-hybridized carbons (Fsp3) is 0.222. The van der Waals surface area contributed by atoms with Gasteiger partial charge in [-0.05, 0) is 30.2 Å². The van der Waals surface area contributed by atoms with Crippen LogP contribution in [0.15, 0.2) is 22.7 Å². The minimum absolute atomic E-state index is 0.201. The zero-order valence-electron chi connectivity index (χ0n) is 6.89. The normalized spacial score (nSPS) is 9.83. The van der Waals surface area contributed by atoms with E-state index in [9.17, 15) is 0 Å². The maximum Gasteiger partial charge on any atom is 0.0950 e. The summed E-state index contributed by atoms with van der Waals surface area (Å²) in [6, 6.07) is 6.05. The van der Waals surface area contributed by atoms with E-state index in [4.69, 9.17) is 11.1 Å². The maximum absolute atomic E-state index is 7.14. The lowest BCUT2D eigenvalue weighted by Crippen LogP contribution is -2.12. The van der Waals surface area contributed by atoms with Crippen LogP contribution in [0, 0.1) is 12.3 Å². The van der Waals surface area contributed by atoms with E-state index in [1.807, 2.05) is 25.1 Å². The molecular formula is C9H11BrN2. The lowest BCUT2D eigenvalue weighted by molar-refractivity contribution is 1.23. The first kappa shape index (κ1) is 9.26. The van der Waals surface area contributed by atoms with Crippen LogP contribution < -0.4 is 5.73 Å². The van der Waals surface area contributed by atoms with E-state index in [-0.39, 0.29) is 5.84 Å². The molecule has 0 bridgehead atoms. The van der Waals surface area contributed by atoms with Gasteiger partial charge in [0.1, 0.15) is 0 Å². The molecule has 1 aromatic rings. The first-order valence-corrected chi connectivity index (χ1v) is 4.46. The number of nitrogens with two attached hydrogens (primary N) is 1. The Morgan fingerprint density at radius 2 is 2.17 bits per heavy atom. The van der Waals surface area contributed by atoms with E-state index in [0.29, 0.717) is 6.42 Å². The highest BCUT2D eigenvalue weighted by atomic mass is 79.9. The summed E-state index contributed by atoms with van der Waals surface area (Å²) in [6.07, 6.45) is 0.528. The summed E-state index contributed by atoms with van der Waals surface area (Å²) >= 11 is 3.39. The molecule has 0 spiro atoms. The number of aryl methyl sites for hydroxylation is 1. The SMILES string of the molecule is Cc1cc(Br)cc(CC(=N)N)c1. The second-order valence-electron chi connectivity index (χ2n) is 2.84. The molecular weight excluding hydrogens is 216 g/mol. The Morgan fingerprint density at radius 3 is 2.67 bits per heavy atom. The highest BCUT2D eigenvalue weighted by Crippen LogP contribution is 2.15. The van der Waals surface area contributed by atoms with Crippen LogP contribution in [-0.2, 0) is 6.42 Å². The molecule has 3 heteroatoms. The molecule has 2 nitrogen and oxygen atoms in total. The average molecular weight is 227 g/mol. The van der Waals surface area contributed by atoms with Gasteiger partial charge in [0.05, 0.1) is 5.84 Å². The Morgan fingerprint density at radius 1 is 1.50 bits per heavy atom. The van der Waals surface area contributed by atoms with Crippen LogP contribution in [0.1, 0.15) is 11.1 Å². The molecule has 0 heterocycles. The summed E-state index contributed by atoms with van der Waals surface area (Å²) in [7, 11) is 0. The molecule has 0 aliphatic rings. The Balaban J connectivity index is 2.93. The Hall–Kier alpha value is -0.830. The van der Waals surface area contributed by atoms with Gasteiger partial charge in [-0.1, -0.05) is 22.0 Å². The van der Waals surface area contributed by atoms with Gasteiger partial charge in [-0.15, -0.1) is 0 Å². The summed E-state index contributed by atoms with van der Waals surface area (Å²) < 4.78 is 1.04. The van der Waals surface area contributed by atoms with Crippen molar-refractivity contribution < 1.29 is 0 Å². The quantitative estimate of drug-likeness (QED) is 0.590. The first-order chi connectivity index (χ1) is 5.58. The molecule has 0 aliphatic carbocycles. The smallest absolute Gasteiger partial charge is 0.0950 e. The van der Waals surface area contributed by atoms with E-state index in [1.165, 1.54) is 5.56 Å². The van der Waals surface area contributed by atoms with Crippen molar-refractivity contribution in [3.8, 4) is 0 Å². The molecule has 0 amide bonds. The zero-order chi connectivity index (χ0) is 9.14. The minimum Gasteiger partial charge on any atom is -0.387 e. The number of amidine groups is 1. The summed E-state index contributed by atoms with van der Waals surface area (Å²) in [4.78, 5) is 0. The molecule has 12 heavy (non-hydrogen) atoms. The van der Waals surface area contributed by atoms with Gasteiger partial charge < -0.3 is 5.73 Å². The standard InChI is InChI=1S/C9H11BrN2/c1-6-2-7(5-9(11)12)4-8(10)3-6/h2-4H,5H2,1H3,(H3,11,12). The van der Waals surface area contributed by atoms with Crippen LogP contribution in [0.5, 0.6) is 0 Å². The minimum atomic E-state index is 0.201. The van der Waals surface area contributed by atoms with Gasteiger partial charge in [0.2, 0.25) is 0 Å². The fourth-order valence-corrected chi connectivity index (χ4v) is 1.79. The van der Waals surface area contributed by atoms with Crippen LogP contribution in [-0.4, -0.2) is 5.84 Å². The van der Waals surface area contributed by atoms with Gasteiger partial charge in [0.25, 0.3) is 0 Å². The number of halogens is 1. The third-order valence-electron chi connectivity index (χ3n) is 1.50. The van der Waals surface area contributed by atoms with Crippen molar-refractivity contribution in [1.82, 2.24) is 0 Å². The molecule has 3 N–H and O–H groups in total. The van der Waals surface area contributed by atoms with Crippen molar-refractivity contribution in [2.45, 2.75) is 13.3 Å². The van der Waals surface area contributed by atoms with Crippen molar-refractivity contribution in [3.05, 3.63) is 33.8 Å². The van der Waals surface area contributed by atoms with Gasteiger partial charge >= 0.3 is 0 Å². The molecule has 0 radical (unpaired) electrons. The van der Waals surface area contributed by atoms with Crippen LogP contribution in [0.4, 0.5) is 0 Å². The molecule has 0 saturated carbocycles. The van der Waals surface area contributed by atoms with Crippen molar-refractivity contribution >= 4 is 21.8 Å². The predicted octanol–water partition coefficient (Wildman–Crippen LogP) is 2.24. The molecule has 0 unspecified atom stereocenters. The van der Waals surface area contributed by atoms with Crippen LogP contribution in [0.3, 0.4) is 0 Å². The lowest BCUT2D eigenvalue weighted by Gasteiger charge is -2.02. The highest BCUT2D eigenvalue weighted by Gasteiger charge is 1.97. The van der Waals surface area contributed by atoms with E-state index < -0.39 is 0 Å². The molecule has 0 fully saturated rings. The third kappa shape index (κ3) is 2.66. The molecule has 0 saturated heterocycles. The van der Waals surface area contributed by atoms with E-state index >= 15 is 0 Å². The van der Waals surface area contributed by atoms with Gasteiger partial charge in [-0.2, -0.15) is 0 Å². The highest BCUT2D eigenvalue weighted by molar-refractivity contribution is 9.10. The van der Waals surface area contributed by atoms with E-state index in [0.717, 1.165) is 10.0 Å². The predicted molar refractivity (Wildman–Crippen MR) is 54.5 cm³/mol. The second-order valence-corrected chi connectivity index (χ2v) is 3.75. The van der Waals surface area contributed by atoms with E-state index in [1.54, 1.807) is 0 Å². The zero-order valence-corrected chi connectivity index (χ0v) is 8.48. The maximum atomic E-state index is 7.14. The molecule has 1 aromatic carbocycles. The van der Waals surface area contributed by atoms with E-state index in [2.05, 4.69) is 15.9 Å². The molecule has 64 valence electrons. The average Bonchev–Trinajstić information content (AvgIpc) is 1.81. The molecule has 0 aliphatic heterocycles. The Bertz CT molecular complexity index is 287. The second kappa shape index (κ2) is 3.72. The number of hydrogen-bond acceptors (Lipinski definition) is 1.